The minimum Gasteiger partial charge on any atom is -0.496 e. The van der Waals surface area contributed by atoms with E-state index in [-0.39, 0.29) is 5.78 Å². The molecule has 17 heavy (non-hydrogen) atoms. The van der Waals surface area contributed by atoms with Gasteiger partial charge >= 0.3 is 0 Å². The lowest BCUT2D eigenvalue weighted by Crippen LogP contribution is -2.00. The Balaban J connectivity index is 2.79. The molecule has 0 saturated carbocycles. The van der Waals surface area contributed by atoms with Crippen LogP contribution < -0.4 is 4.74 Å². The zero-order valence-corrected chi connectivity index (χ0v) is 10.5. The van der Waals surface area contributed by atoms with Crippen LogP contribution in [0.3, 0.4) is 0 Å². The Labute approximate surface area is 102 Å². The number of carbonyl (C=O) groups is 1. The van der Waals surface area contributed by atoms with Gasteiger partial charge in [-0.05, 0) is 32.0 Å². The van der Waals surface area contributed by atoms with Crippen LogP contribution in [0.2, 0.25) is 0 Å². The first kappa shape index (κ1) is 13.5. The number of Topliss-reactive ketones (excluding diaryl/α,β-unsaturated/α-hetero) is 1. The number of ether oxygens (including phenoxy) is 2. The summed E-state index contributed by atoms with van der Waals surface area (Å²) in [6.45, 7) is 4.49. The highest BCUT2D eigenvalue weighted by atomic mass is 16.5. The third-order valence-corrected chi connectivity index (χ3v) is 2.39. The fraction of sp³-hybridized carbons (Fsp3) is 0.357. The minimum atomic E-state index is 0.0438. The molecule has 0 atom stereocenters. The molecule has 0 fully saturated rings. The van der Waals surface area contributed by atoms with Gasteiger partial charge < -0.3 is 9.47 Å². The second-order valence-corrected chi connectivity index (χ2v) is 3.67. The van der Waals surface area contributed by atoms with Crippen LogP contribution in [-0.4, -0.2) is 19.5 Å². The first-order chi connectivity index (χ1) is 8.19. The number of rotatable bonds is 6. The molecule has 0 radical (unpaired) electrons. The first-order valence-electron chi connectivity index (χ1n) is 5.55. The van der Waals surface area contributed by atoms with E-state index in [4.69, 9.17) is 9.47 Å². The summed E-state index contributed by atoms with van der Waals surface area (Å²) in [4.78, 5) is 11.3. The average Bonchev–Trinajstić information content (AvgIpc) is 2.34. The predicted octanol–water partition coefficient (Wildman–Crippen LogP) is 2.99. The molecule has 0 aliphatic carbocycles. The molecule has 3 nitrogen and oxygen atoms in total. The molecular formula is C14H18O3. The van der Waals surface area contributed by atoms with E-state index in [1.54, 1.807) is 26.2 Å². The van der Waals surface area contributed by atoms with Crippen LogP contribution in [0.5, 0.6) is 5.75 Å². The van der Waals surface area contributed by atoms with E-state index in [9.17, 15) is 4.79 Å². The zero-order chi connectivity index (χ0) is 12.7. The maximum Gasteiger partial charge on any atom is 0.159 e. The second kappa shape index (κ2) is 6.86. The Morgan fingerprint density at radius 3 is 2.76 bits per heavy atom. The van der Waals surface area contributed by atoms with Crippen LogP contribution in [0.15, 0.2) is 30.4 Å². The fourth-order valence-electron chi connectivity index (χ4n) is 1.44. The van der Waals surface area contributed by atoms with Gasteiger partial charge in [0.2, 0.25) is 0 Å². The highest BCUT2D eigenvalue weighted by Gasteiger charge is 2.06. The molecule has 1 rings (SSSR count). The zero-order valence-electron chi connectivity index (χ0n) is 10.5. The van der Waals surface area contributed by atoms with Crippen LogP contribution >= 0.6 is 0 Å². The van der Waals surface area contributed by atoms with Crippen molar-refractivity contribution in [2.75, 3.05) is 13.7 Å². The van der Waals surface area contributed by atoms with Crippen molar-refractivity contribution in [3.05, 3.63) is 41.5 Å². The van der Waals surface area contributed by atoms with Crippen LogP contribution in [0, 0.1) is 0 Å². The first-order valence-corrected chi connectivity index (χ1v) is 5.55. The average molecular weight is 234 g/mol. The summed E-state index contributed by atoms with van der Waals surface area (Å²) in [6, 6.07) is 5.37. The number of ketones is 1. The fourth-order valence-corrected chi connectivity index (χ4v) is 1.44. The van der Waals surface area contributed by atoms with Crippen molar-refractivity contribution in [2.45, 2.75) is 20.5 Å². The molecule has 0 N–H and O–H groups in total. The van der Waals surface area contributed by atoms with Crippen molar-refractivity contribution in [1.82, 2.24) is 0 Å². The Bertz CT molecular complexity index is 408. The third-order valence-electron chi connectivity index (χ3n) is 2.39. The summed E-state index contributed by atoms with van der Waals surface area (Å²) in [6.07, 6.45) is 3.87. The van der Waals surface area contributed by atoms with Crippen molar-refractivity contribution in [3.63, 3.8) is 0 Å². The van der Waals surface area contributed by atoms with Crippen molar-refractivity contribution < 1.29 is 14.3 Å². The molecule has 0 bridgehead atoms. The highest BCUT2D eigenvalue weighted by molar-refractivity contribution is 5.94. The van der Waals surface area contributed by atoms with Gasteiger partial charge in [-0.15, -0.1) is 0 Å². The van der Waals surface area contributed by atoms with Gasteiger partial charge in [-0.3, -0.25) is 4.79 Å². The molecule has 0 unspecified atom stereocenters. The molecule has 1 aromatic rings. The van der Waals surface area contributed by atoms with E-state index < -0.39 is 0 Å². The normalized spacial score (nSPS) is 10.8. The molecule has 1 aromatic carbocycles. The maximum absolute atomic E-state index is 11.3. The molecule has 0 saturated heterocycles. The summed E-state index contributed by atoms with van der Waals surface area (Å²) < 4.78 is 10.7. The summed E-state index contributed by atoms with van der Waals surface area (Å²) in [5.41, 5.74) is 1.57. The van der Waals surface area contributed by atoms with Crippen LogP contribution in [0.1, 0.15) is 29.8 Å². The Kier molecular flexibility index (Phi) is 5.43. The van der Waals surface area contributed by atoms with Crippen molar-refractivity contribution >= 4 is 5.78 Å². The van der Waals surface area contributed by atoms with E-state index >= 15 is 0 Å². The number of allylic oxidation sites excluding steroid dienone is 1. The van der Waals surface area contributed by atoms with Gasteiger partial charge in [0, 0.05) is 11.1 Å². The van der Waals surface area contributed by atoms with E-state index in [0.29, 0.717) is 18.8 Å². The number of benzene rings is 1. The summed E-state index contributed by atoms with van der Waals surface area (Å²) >= 11 is 0. The predicted molar refractivity (Wildman–Crippen MR) is 67.5 cm³/mol. The van der Waals surface area contributed by atoms with Crippen LogP contribution in [0.4, 0.5) is 0 Å². The van der Waals surface area contributed by atoms with E-state index in [1.165, 1.54) is 0 Å². The summed E-state index contributed by atoms with van der Waals surface area (Å²) in [5, 5.41) is 0. The van der Waals surface area contributed by atoms with Crippen LogP contribution in [-0.2, 0) is 11.3 Å². The smallest absolute Gasteiger partial charge is 0.159 e. The molecule has 92 valence electrons. The third kappa shape index (κ3) is 4.04. The number of methoxy groups -OCH3 is 1. The topological polar surface area (TPSA) is 35.5 Å². The minimum absolute atomic E-state index is 0.0438. The lowest BCUT2D eigenvalue weighted by Gasteiger charge is -2.09. The van der Waals surface area contributed by atoms with Gasteiger partial charge in [0.15, 0.2) is 5.78 Å². The molecule has 0 aliphatic rings. The highest BCUT2D eigenvalue weighted by Crippen LogP contribution is 2.21. The monoisotopic (exact) mass is 234 g/mol. The number of hydrogen-bond acceptors (Lipinski definition) is 3. The maximum atomic E-state index is 11.3. The van der Waals surface area contributed by atoms with Crippen molar-refractivity contribution in [3.8, 4) is 5.75 Å². The van der Waals surface area contributed by atoms with Crippen molar-refractivity contribution in [1.29, 1.82) is 0 Å². The standard InChI is InChI=1S/C14H18O3/c1-4-5-8-17-10-13-9-12(11(2)15)6-7-14(13)16-3/h4-7,9H,8,10H2,1-3H3/b5-4+. The summed E-state index contributed by atoms with van der Waals surface area (Å²) in [7, 11) is 1.61. The lowest BCUT2D eigenvalue weighted by molar-refractivity contribution is 0.101. The molecule has 0 spiro atoms. The molecule has 3 heteroatoms. The Hall–Kier alpha value is -1.61. The SMILES string of the molecule is C/C=C/COCc1cc(C(C)=O)ccc1OC. The Morgan fingerprint density at radius 2 is 2.18 bits per heavy atom. The van der Waals surface area contributed by atoms with E-state index in [2.05, 4.69) is 0 Å². The molecule has 0 amide bonds. The van der Waals surface area contributed by atoms with Gasteiger partial charge in [-0.25, -0.2) is 0 Å². The Morgan fingerprint density at radius 1 is 1.41 bits per heavy atom. The van der Waals surface area contributed by atoms with Gasteiger partial charge in [-0.1, -0.05) is 12.2 Å². The van der Waals surface area contributed by atoms with E-state index in [0.717, 1.165) is 11.3 Å². The number of hydrogen-bond donors (Lipinski definition) is 0. The lowest BCUT2D eigenvalue weighted by atomic mass is 10.1. The second-order valence-electron chi connectivity index (χ2n) is 3.67. The van der Waals surface area contributed by atoms with Crippen LogP contribution in [0.25, 0.3) is 0 Å². The van der Waals surface area contributed by atoms with E-state index in [1.807, 2.05) is 25.1 Å². The molecule has 0 aromatic heterocycles. The quantitative estimate of drug-likeness (QED) is 0.431. The van der Waals surface area contributed by atoms with Gasteiger partial charge in [-0.2, -0.15) is 0 Å². The summed E-state index contributed by atoms with van der Waals surface area (Å²) in [5.74, 6) is 0.790. The largest absolute Gasteiger partial charge is 0.496 e. The van der Waals surface area contributed by atoms with Crippen molar-refractivity contribution in [2.24, 2.45) is 0 Å². The molecule has 0 aliphatic heterocycles. The molecule has 0 heterocycles. The van der Waals surface area contributed by atoms with Gasteiger partial charge in [0.1, 0.15) is 5.75 Å². The number of carbonyl (C=O) groups excluding carboxylic acids is 1. The molecular weight excluding hydrogens is 216 g/mol. The van der Waals surface area contributed by atoms with Gasteiger partial charge in [0.05, 0.1) is 20.3 Å². The van der Waals surface area contributed by atoms with Gasteiger partial charge in [0.25, 0.3) is 0 Å².